The van der Waals surface area contributed by atoms with Gasteiger partial charge in [0.05, 0.1) is 0 Å². The second-order valence-corrected chi connectivity index (χ2v) is 5.15. The molecule has 1 amide bonds. The summed E-state index contributed by atoms with van der Waals surface area (Å²) in [5.41, 5.74) is 7.61. The van der Waals surface area contributed by atoms with Crippen LogP contribution >= 0.6 is 0 Å². The van der Waals surface area contributed by atoms with E-state index < -0.39 is 5.91 Å². The zero-order valence-corrected chi connectivity index (χ0v) is 11.3. The van der Waals surface area contributed by atoms with Crippen LogP contribution in [0.5, 0.6) is 0 Å². The molecule has 0 aromatic carbocycles. The molecule has 3 rings (SSSR count). The van der Waals surface area contributed by atoms with Crippen molar-refractivity contribution in [1.82, 2.24) is 20.1 Å². The number of nitrogens with one attached hydrogen (secondary N) is 1. The summed E-state index contributed by atoms with van der Waals surface area (Å²) in [6.07, 6.45) is 6.07. The number of carbonyl (C=O) groups excluding carboxylic acids is 1. The van der Waals surface area contributed by atoms with E-state index in [0.717, 1.165) is 17.7 Å². The van der Waals surface area contributed by atoms with Crippen molar-refractivity contribution in [1.29, 1.82) is 0 Å². The van der Waals surface area contributed by atoms with E-state index in [0.29, 0.717) is 11.9 Å². The number of pyridine rings is 1. The summed E-state index contributed by atoms with van der Waals surface area (Å²) in [5, 5.41) is 7.57. The number of hydrogen-bond donors (Lipinski definition) is 2. The minimum absolute atomic E-state index is 0.241. The lowest BCUT2D eigenvalue weighted by Crippen LogP contribution is -2.16. The fraction of sp³-hybridized carbons (Fsp3) is 0.357. The van der Waals surface area contributed by atoms with Gasteiger partial charge in [0.25, 0.3) is 5.91 Å². The third-order valence-electron chi connectivity index (χ3n) is 3.34. The summed E-state index contributed by atoms with van der Waals surface area (Å²) < 4.78 is 1.58. The van der Waals surface area contributed by atoms with Gasteiger partial charge in [0, 0.05) is 25.0 Å². The van der Waals surface area contributed by atoms with Gasteiger partial charge in [0.15, 0.2) is 5.82 Å². The van der Waals surface area contributed by atoms with Gasteiger partial charge in [-0.2, -0.15) is 5.10 Å². The number of hydrogen-bond acceptors (Lipinski definition) is 4. The Morgan fingerprint density at radius 3 is 2.95 bits per heavy atom. The molecule has 1 saturated carbocycles. The number of rotatable bonds is 5. The quantitative estimate of drug-likeness (QED) is 0.847. The number of nitrogens with two attached hydrogens (primary N) is 1. The Kier molecular flexibility index (Phi) is 3.23. The van der Waals surface area contributed by atoms with Crippen molar-refractivity contribution in [3.63, 3.8) is 0 Å². The molecule has 0 aliphatic heterocycles. The SMILES string of the molecule is Cc1cc(CNC2CC2)cnc1-n1ccc(C(N)=O)n1. The molecule has 20 heavy (non-hydrogen) atoms. The highest BCUT2D eigenvalue weighted by Crippen LogP contribution is 2.19. The number of aryl methyl sites for hydroxylation is 1. The van der Waals surface area contributed by atoms with Crippen LogP contribution in [-0.2, 0) is 6.54 Å². The van der Waals surface area contributed by atoms with E-state index >= 15 is 0 Å². The zero-order valence-electron chi connectivity index (χ0n) is 11.3. The summed E-state index contributed by atoms with van der Waals surface area (Å²) in [5.74, 6) is 0.180. The Morgan fingerprint density at radius 2 is 2.35 bits per heavy atom. The molecule has 0 unspecified atom stereocenters. The van der Waals surface area contributed by atoms with E-state index in [1.165, 1.54) is 12.8 Å². The average Bonchev–Trinajstić information content (AvgIpc) is 3.11. The zero-order chi connectivity index (χ0) is 14.1. The van der Waals surface area contributed by atoms with Crippen LogP contribution in [0.4, 0.5) is 0 Å². The topological polar surface area (TPSA) is 85.8 Å². The lowest BCUT2D eigenvalue weighted by Gasteiger charge is -2.08. The molecular weight excluding hydrogens is 254 g/mol. The van der Waals surface area contributed by atoms with E-state index in [-0.39, 0.29) is 5.69 Å². The van der Waals surface area contributed by atoms with Crippen LogP contribution in [0.1, 0.15) is 34.5 Å². The van der Waals surface area contributed by atoms with E-state index in [2.05, 4.69) is 21.5 Å². The van der Waals surface area contributed by atoms with Crippen molar-refractivity contribution in [3.05, 3.63) is 41.3 Å². The molecule has 2 aromatic heterocycles. The highest BCUT2D eigenvalue weighted by atomic mass is 16.1. The molecule has 1 aliphatic rings. The first-order valence-corrected chi connectivity index (χ1v) is 6.68. The second-order valence-electron chi connectivity index (χ2n) is 5.15. The van der Waals surface area contributed by atoms with Gasteiger partial charge in [0.1, 0.15) is 5.69 Å². The molecule has 3 N–H and O–H groups in total. The molecule has 1 fully saturated rings. The Balaban J connectivity index is 1.79. The van der Waals surface area contributed by atoms with Gasteiger partial charge in [-0.3, -0.25) is 4.79 Å². The second kappa shape index (κ2) is 5.05. The maximum atomic E-state index is 11.1. The summed E-state index contributed by atoms with van der Waals surface area (Å²) >= 11 is 0. The molecule has 0 spiro atoms. The molecule has 2 heterocycles. The molecular formula is C14H17N5O. The Morgan fingerprint density at radius 1 is 1.55 bits per heavy atom. The molecule has 6 heteroatoms. The third kappa shape index (κ3) is 2.70. The predicted octanol–water partition coefficient (Wildman–Crippen LogP) is 0.927. The van der Waals surface area contributed by atoms with Crippen molar-refractivity contribution >= 4 is 5.91 Å². The van der Waals surface area contributed by atoms with Crippen LogP contribution in [0, 0.1) is 6.92 Å². The largest absolute Gasteiger partial charge is 0.364 e. The van der Waals surface area contributed by atoms with Crippen LogP contribution in [0.3, 0.4) is 0 Å². The fourth-order valence-electron chi connectivity index (χ4n) is 2.09. The number of nitrogens with zero attached hydrogens (tertiary/aromatic N) is 3. The summed E-state index contributed by atoms with van der Waals surface area (Å²) in [6, 6.07) is 4.36. The lowest BCUT2D eigenvalue weighted by atomic mass is 10.2. The van der Waals surface area contributed by atoms with Crippen molar-refractivity contribution in [2.24, 2.45) is 5.73 Å². The van der Waals surface area contributed by atoms with Crippen molar-refractivity contribution < 1.29 is 4.79 Å². The predicted molar refractivity (Wildman–Crippen MR) is 74.5 cm³/mol. The number of primary amides is 1. The van der Waals surface area contributed by atoms with Crippen molar-refractivity contribution in [2.45, 2.75) is 32.4 Å². The van der Waals surface area contributed by atoms with Crippen molar-refractivity contribution in [3.8, 4) is 5.82 Å². The summed E-state index contributed by atoms with van der Waals surface area (Å²) in [7, 11) is 0. The summed E-state index contributed by atoms with van der Waals surface area (Å²) in [6.45, 7) is 2.82. The maximum Gasteiger partial charge on any atom is 0.269 e. The maximum absolute atomic E-state index is 11.1. The molecule has 0 radical (unpaired) electrons. The Hall–Kier alpha value is -2.21. The Bertz CT molecular complexity index is 645. The van der Waals surface area contributed by atoms with Gasteiger partial charge < -0.3 is 11.1 Å². The van der Waals surface area contributed by atoms with Crippen LogP contribution in [0.15, 0.2) is 24.5 Å². The van der Waals surface area contributed by atoms with Crippen LogP contribution in [0.2, 0.25) is 0 Å². The normalized spacial score (nSPS) is 14.4. The molecule has 104 valence electrons. The molecule has 0 bridgehead atoms. The van der Waals surface area contributed by atoms with Gasteiger partial charge in [-0.25, -0.2) is 9.67 Å². The third-order valence-corrected chi connectivity index (χ3v) is 3.34. The minimum Gasteiger partial charge on any atom is -0.364 e. The van der Waals surface area contributed by atoms with Gasteiger partial charge in [-0.05, 0) is 43.0 Å². The fourth-order valence-corrected chi connectivity index (χ4v) is 2.09. The molecule has 6 nitrogen and oxygen atoms in total. The standard InChI is InChI=1S/C14H17N5O/c1-9-6-10(7-16-11-2-3-11)8-17-14(9)19-5-4-12(18-19)13(15)20/h4-6,8,11,16H,2-3,7H2,1H3,(H2,15,20). The monoisotopic (exact) mass is 271 g/mol. The Labute approximate surface area is 117 Å². The van der Waals surface area contributed by atoms with E-state index in [4.69, 9.17) is 5.73 Å². The van der Waals surface area contributed by atoms with Gasteiger partial charge >= 0.3 is 0 Å². The van der Waals surface area contributed by atoms with Crippen LogP contribution < -0.4 is 11.1 Å². The molecule has 0 atom stereocenters. The number of amides is 1. The highest BCUT2D eigenvalue weighted by Gasteiger charge is 2.20. The highest BCUT2D eigenvalue weighted by molar-refractivity contribution is 5.90. The first kappa shape index (κ1) is 12.8. The van der Waals surface area contributed by atoms with E-state index in [1.54, 1.807) is 16.9 Å². The van der Waals surface area contributed by atoms with Gasteiger partial charge in [0.2, 0.25) is 0 Å². The van der Waals surface area contributed by atoms with Crippen LogP contribution in [-0.4, -0.2) is 26.7 Å². The molecule has 1 aliphatic carbocycles. The van der Waals surface area contributed by atoms with E-state index in [1.807, 2.05) is 13.1 Å². The lowest BCUT2D eigenvalue weighted by molar-refractivity contribution is 0.0995. The smallest absolute Gasteiger partial charge is 0.269 e. The first-order chi connectivity index (χ1) is 9.63. The van der Waals surface area contributed by atoms with E-state index in [9.17, 15) is 4.79 Å². The average molecular weight is 271 g/mol. The number of aromatic nitrogens is 3. The summed E-state index contributed by atoms with van der Waals surface area (Å²) in [4.78, 5) is 15.5. The molecule has 0 saturated heterocycles. The van der Waals surface area contributed by atoms with Crippen molar-refractivity contribution in [2.75, 3.05) is 0 Å². The van der Waals surface area contributed by atoms with Gasteiger partial charge in [-0.1, -0.05) is 0 Å². The van der Waals surface area contributed by atoms with Gasteiger partial charge in [-0.15, -0.1) is 0 Å². The van der Waals surface area contributed by atoms with Crippen LogP contribution in [0.25, 0.3) is 5.82 Å². The molecule has 2 aromatic rings. The minimum atomic E-state index is -0.536. The first-order valence-electron chi connectivity index (χ1n) is 6.68. The number of carbonyl (C=O) groups is 1.